The van der Waals surface area contributed by atoms with Crippen molar-refractivity contribution in [1.82, 2.24) is 4.98 Å². The Kier molecular flexibility index (Phi) is 2.96. The Morgan fingerprint density at radius 2 is 1.76 bits per heavy atom. The molecule has 1 fully saturated rings. The summed E-state index contributed by atoms with van der Waals surface area (Å²) in [6.07, 6.45) is 1.47. The lowest BCUT2D eigenvalue weighted by atomic mass is 9.80. The van der Waals surface area contributed by atoms with Gasteiger partial charge in [-0.3, -0.25) is 0 Å². The Labute approximate surface area is 105 Å². The average Bonchev–Trinajstić information content (AvgIpc) is 2.41. The maximum Gasteiger partial charge on any atom is 0.496 e. The second kappa shape index (κ2) is 3.94. The van der Waals surface area contributed by atoms with Gasteiger partial charge in [-0.15, -0.1) is 0 Å². The molecule has 3 nitrogen and oxygen atoms in total. The molecular formula is C11H14BClFNO2. The molecule has 1 aromatic heterocycles. The van der Waals surface area contributed by atoms with E-state index in [-0.39, 0.29) is 5.15 Å². The van der Waals surface area contributed by atoms with Crippen molar-refractivity contribution in [3.8, 4) is 0 Å². The topological polar surface area (TPSA) is 31.4 Å². The van der Waals surface area contributed by atoms with Gasteiger partial charge < -0.3 is 9.31 Å². The molecular weight excluding hydrogens is 243 g/mol. The van der Waals surface area contributed by atoms with Crippen molar-refractivity contribution in [2.75, 3.05) is 0 Å². The number of hydrogen-bond acceptors (Lipinski definition) is 3. The largest absolute Gasteiger partial charge is 0.496 e. The smallest absolute Gasteiger partial charge is 0.399 e. The van der Waals surface area contributed by atoms with E-state index < -0.39 is 24.1 Å². The number of pyridine rings is 1. The molecule has 0 N–H and O–H groups in total. The molecule has 1 saturated heterocycles. The van der Waals surface area contributed by atoms with E-state index in [1.54, 1.807) is 0 Å². The maximum atomic E-state index is 13.3. The Balaban J connectivity index is 2.29. The quantitative estimate of drug-likeness (QED) is 0.571. The molecule has 2 heterocycles. The van der Waals surface area contributed by atoms with Crippen LogP contribution in [0, 0.1) is 5.82 Å². The third-order valence-electron chi connectivity index (χ3n) is 3.34. The molecule has 2 rings (SSSR count). The van der Waals surface area contributed by atoms with E-state index >= 15 is 0 Å². The molecule has 1 aliphatic heterocycles. The van der Waals surface area contributed by atoms with Crippen LogP contribution in [-0.2, 0) is 9.31 Å². The van der Waals surface area contributed by atoms with Gasteiger partial charge in [-0.05, 0) is 33.8 Å². The second-order valence-corrected chi connectivity index (χ2v) is 5.49. The van der Waals surface area contributed by atoms with Crippen molar-refractivity contribution >= 4 is 24.2 Å². The van der Waals surface area contributed by atoms with Crippen LogP contribution in [0.1, 0.15) is 27.7 Å². The van der Waals surface area contributed by atoms with Gasteiger partial charge in [-0.2, -0.15) is 0 Å². The zero-order valence-electron chi connectivity index (χ0n) is 10.3. The van der Waals surface area contributed by atoms with Gasteiger partial charge in [0.05, 0.1) is 11.2 Å². The lowest BCUT2D eigenvalue weighted by molar-refractivity contribution is 0.00578. The Hall–Kier alpha value is -0.645. The van der Waals surface area contributed by atoms with E-state index in [4.69, 9.17) is 20.9 Å². The highest BCUT2D eigenvalue weighted by Gasteiger charge is 2.51. The van der Waals surface area contributed by atoms with Crippen LogP contribution in [0.4, 0.5) is 4.39 Å². The van der Waals surface area contributed by atoms with Crippen molar-refractivity contribution in [2.24, 2.45) is 0 Å². The minimum atomic E-state index is -0.612. The van der Waals surface area contributed by atoms with Crippen molar-refractivity contribution in [3.63, 3.8) is 0 Å². The predicted molar refractivity (Wildman–Crippen MR) is 64.9 cm³/mol. The molecule has 0 unspecified atom stereocenters. The zero-order chi connectivity index (χ0) is 12.8. The first-order valence-electron chi connectivity index (χ1n) is 5.39. The SMILES string of the molecule is CC1(C)OB(c2cnc(Cl)c(F)c2)OC1(C)C. The van der Waals surface area contributed by atoms with Crippen LogP contribution in [-0.4, -0.2) is 23.3 Å². The Bertz CT molecular complexity index is 437. The van der Waals surface area contributed by atoms with Gasteiger partial charge in [0, 0.05) is 11.7 Å². The summed E-state index contributed by atoms with van der Waals surface area (Å²) in [6, 6.07) is 1.29. The standard InChI is InChI=1S/C11H14BClFNO2/c1-10(2)11(3,4)17-12(16-10)7-5-8(14)9(13)15-6-7/h5-6H,1-4H3. The summed E-state index contributed by atoms with van der Waals surface area (Å²) in [7, 11) is -0.612. The Morgan fingerprint density at radius 1 is 1.24 bits per heavy atom. The molecule has 0 spiro atoms. The third kappa shape index (κ3) is 2.19. The van der Waals surface area contributed by atoms with Gasteiger partial charge in [-0.25, -0.2) is 9.37 Å². The summed E-state index contributed by atoms with van der Waals surface area (Å²) < 4.78 is 24.9. The van der Waals surface area contributed by atoms with E-state index in [9.17, 15) is 4.39 Å². The summed E-state index contributed by atoms with van der Waals surface area (Å²) in [5, 5.41) is -0.148. The van der Waals surface area contributed by atoms with E-state index in [0.29, 0.717) is 5.46 Å². The highest BCUT2D eigenvalue weighted by molar-refractivity contribution is 6.62. The highest BCUT2D eigenvalue weighted by Crippen LogP contribution is 2.36. The number of hydrogen-bond donors (Lipinski definition) is 0. The summed E-state index contributed by atoms with van der Waals surface area (Å²) in [5.74, 6) is -0.570. The number of halogens is 2. The lowest BCUT2D eigenvalue weighted by Crippen LogP contribution is -2.41. The Morgan fingerprint density at radius 3 is 2.24 bits per heavy atom. The number of rotatable bonds is 1. The summed E-state index contributed by atoms with van der Waals surface area (Å²) in [4.78, 5) is 3.75. The van der Waals surface area contributed by atoms with Gasteiger partial charge in [0.1, 0.15) is 0 Å². The van der Waals surface area contributed by atoms with E-state index in [0.717, 1.165) is 0 Å². The fraction of sp³-hybridized carbons (Fsp3) is 0.545. The molecule has 92 valence electrons. The van der Waals surface area contributed by atoms with Crippen molar-refractivity contribution in [3.05, 3.63) is 23.2 Å². The van der Waals surface area contributed by atoms with Crippen molar-refractivity contribution in [1.29, 1.82) is 0 Å². The average molecular weight is 258 g/mol. The van der Waals surface area contributed by atoms with Crippen LogP contribution in [0.15, 0.2) is 12.3 Å². The van der Waals surface area contributed by atoms with Crippen LogP contribution in [0.3, 0.4) is 0 Å². The number of nitrogens with zero attached hydrogens (tertiary/aromatic N) is 1. The molecule has 1 aromatic rings. The summed E-state index contributed by atoms with van der Waals surface area (Å²) >= 11 is 5.53. The summed E-state index contributed by atoms with van der Waals surface area (Å²) in [6.45, 7) is 7.75. The monoisotopic (exact) mass is 257 g/mol. The molecule has 0 saturated carbocycles. The second-order valence-electron chi connectivity index (χ2n) is 5.13. The summed E-state index contributed by atoms with van der Waals surface area (Å²) in [5.41, 5.74) is -0.368. The molecule has 17 heavy (non-hydrogen) atoms. The molecule has 0 aliphatic carbocycles. The molecule has 1 aliphatic rings. The highest BCUT2D eigenvalue weighted by atomic mass is 35.5. The van der Waals surface area contributed by atoms with Crippen LogP contribution >= 0.6 is 11.6 Å². The minimum Gasteiger partial charge on any atom is -0.399 e. The molecule has 0 amide bonds. The van der Waals surface area contributed by atoms with Crippen LogP contribution in [0.25, 0.3) is 0 Å². The van der Waals surface area contributed by atoms with Crippen molar-refractivity contribution in [2.45, 2.75) is 38.9 Å². The third-order valence-corrected chi connectivity index (χ3v) is 3.62. The first-order chi connectivity index (χ1) is 7.73. The van der Waals surface area contributed by atoms with E-state index in [2.05, 4.69) is 4.98 Å². The lowest BCUT2D eigenvalue weighted by Gasteiger charge is -2.32. The van der Waals surface area contributed by atoms with Gasteiger partial charge in [0.25, 0.3) is 0 Å². The van der Waals surface area contributed by atoms with Crippen LogP contribution in [0.5, 0.6) is 0 Å². The van der Waals surface area contributed by atoms with E-state index in [1.165, 1.54) is 12.3 Å². The molecule has 0 radical (unpaired) electrons. The van der Waals surface area contributed by atoms with Gasteiger partial charge in [0.2, 0.25) is 0 Å². The van der Waals surface area contributed by atoms with Gasteiger partial charge in [-0.1, -0.05) is 11.6 Å². The maximum absolute atomic E-state index is 13.3. The number of aromatic nitrogens is 1. The normalized spacial score (nSPS) is 21.9. The molecule has 0 aromatic carbocycles. The predicted octanol–water partition coefficient (Wildman–Crippen LogP) is 2.17. The fourth-order valence-corrected chi connectivity index (χ4v) is 1.65. The molecule has 0 atom stereocenters. The first-order valence-corrected chi connectivity index (χ1v) is 5.77. The van der Waals surface area contributed by atoms with Gasteiger partial charge >= 0.3 is 7.12 Å². The minimum absolute atomic E-state index is 0.148. The van der Waals surface area contributed by atoms with Crippen LogP contribution < -0.4 is 5.46 Å². The first kappa shape index (κ1) is 12.8. The molecule has 0 bridgehead atoms. The zero-order valence-corrected chi connectivity index (χ0v) is 11.0. The van der Waals surface area contributed by atoms with Crippen LogP contribution in [0.2, 0.25) is 5.15 Å². The fourth-order valence-electron chi connectivity index (χ4n) is 1.54. The van der Waals surface area contributed by atoms with Crippen molar-refractivity contribution < 1.29 is 13.7 Å². The van der Waals surface area contributed by atoms with E-state index in [1.807, 2.05) is 27.7 Å². The van der Waals surface area contributed by atoms with Gasteiger partial charge in [0.15, 0.2) is 11.0 Å². The molecule has 6 heteroatoms.